The second-order valence-electron chi connectivity index (χ2n) is 7.35. The molecule has 130 valence electrons. The number of primary amides is 1. The van der Waals surface area contributed by atoms with E-state index in [0.29, 0.717) is 26.1 Å². The fraction of sp³-hybridized carbons (Fsp3) is 0.579. The number of nitrogens with two attached hydrogens (primary N) is 1. The lowest BCUT2D eigenvalue weighted by Gasteiger charge is -2.31. The summed E-state index contributed by atoms with van der Waals surface area (Å²) in [6.45, 7) is 3.82. The molecule has 5 heteroatoms. The summed E-state index contributed by atoms with van der Waals surface area (Å²) in [5.74, 6) is -0.509. The molecule has 3 amide bonds. The minimum absolute atomic E-state index is 0.0461. The van der Waals surface area contributed by atoms with E-state index in [0.717, 1.165) is 12.8 Å². The molecule has 0 aromatic heterocycles. The van der Waals surface area contributed by atoms with E-state index < -0.39 is 0 Å². The van der Waals surface area contributed by atoms with Gasteiger partial charge in [-0.25, -0.2) is 4.79 Å². The van der Waals surface area contributed by atoms with E-state index in [1.807, 2.05) is 0 Å². The number of amides is 3. The Bertz CT molecular complexity index is 623. The summed E-state index contributed by atoms with van der Waals surface area (Å²) >= 11 is 0. The van der Waals surface area contributed by atoms with E-state index in [2.05, 4.69) is 36.5 Å². The second-order valence-corrected chi connectivity index (χ2v) is 7.35. The molecule has 3 N–H and O–H groups in total. The van der Waals surface area contributed by atoms with Crippen LogP contribution in [0.3, 0.4) is 0 Å². The number of urea groups is 1. The van der Waals surface area contributed by atoms with Crippen molar-refractivity contribution in [1.82, 2.24) is 10.2 Å². The van der Waals surface area contributed by atoms with Gasteiger partial charge in [0.2, 0.25) is 5.91 Å². The fourth-order valence-electron chi connectivity index (χ4n) is 4.13. The maximum absolute atomic E-state index is 12.5. The Hall–Kier alpha value is -2.04. The zero-order chi connectivity index (χ0) is 17.2. The molecule has 0 spiro atoms. The van der Waals surface area contributed by atoms with Gasteiger partial charge >= 0.3 is 6.03 Å². The highest BCUT2D eigenvalue weighted by atomic mass is 16.2. The Morgan fingerprint density at radius 1 is 1.33 bits per heavy atom. The van der Waals surface area contributed by atoms with Crippen LogP contribution in [0.5, 0.6) is 0 Å². The van der Waals surface area contributed by atoms with Gasteiger partial charge in [-0.1, -0.05) is 42.7 Å². The number of aryl methyl sites for hydroxylation is 1. The van der Waals surface area contributed by atoms with Crippen molar-refractivity contribution < 1.29 is 9.59 Å². The van der Waals surface area contributed by atoms with Crippen molar-refractivity contribution in [1.29, 1.82) is 0 Å². The minimum Gasteiger partial charge on any atom is -0.369 e. The van der Waals surface area contributed by atoms with Gasteiger partial charge in [0, 0.05) is 25.0 Å². The van der Waals surface area contributed by atoms with Crippen molar-refractivity contribution >= 4 is 11.9 Å². The van der Waals surface area contributed by atoms with Crippen molar-refractivity contribution in [3.63, 3.8) is 0 Å². The number of hydrogen-bond donors (Lipinski definition) is 2. The predicted octanol–water partition coefficient (Wildman–Crippen LogP) is 2.32. The van der Waals surface area contributed by atoms with Gasteiger partial charge in [0.05, 0.1) is 5.92 Å². The molecule has 2 fully saturated rings. The first-order valence-corrected chi connectivity index (χ1v) is 8.89. The summed E-state index contributed by atoms with van der Waals surface area (Å²) in [6.07, 6.45) is 5.31. The van der Waals surface area contributed by atoms with Gasteiger partial charge in [-0.05, 0) is 31.7 Å². The largest absolute Gasteiger partial charge is 0.369 e. The van der Waals surface area contributed by atoms with Crippen molar-refractivity contribution in [2.24, 2.45) is 11.7 Å². The van der Waals surface area contributed by atoms with Crippen LogP contribution >= 0.6 is 0 Å². The van der Waals surface area contributed by atoms with Gasteiger partial charge in [-0.2, -0.15) is 0 Å². The number of rotatable bonds is 4. The molecular weight excluding hydrogens is 302 g/mol. The number of benzene rings is 1. The lowest BCUT2D eigenvalue weighted by molar-refractivity contribution is -0.121. The van der Waals surface area contributed by atoms with E-state index in [1.165, 1.54) is 24.0 Å². The lowest BCUT2D eigenvalue weighted by Crippen LogP contribution is -2.45. The van der Waals surface area contributed by atoms with Gasteiger partial charge in [0.1, 0.15) is 0 Å². The molecule has 0 radical (unpaired) electrons. The second kappa shape index (κ2) is 6.83. The number of nitrogens with one attached hydrogen (secondary N) is 1. The highest BCUT2D eigenvalue weighted by Crippen LogP contribution is 2.40. The van der Waals surface area contributed by atoms with Crippen molar-refractivity contribution in [3.8, 4) is 0 Å². The molecule has 5 nitrogen and oxygen atoms in total. The third-order valence-corrected chi connectivity index (χ3v) is 5.65. The van der Waals surface area contributed by atoms with E-state index in [1.54, 1.807) is 4.90 Å². The van der Waals surface area contributed by atoms with Crippen molar-refractivity contribution in [2.75, 3.05) is 19.6 Å². The van der Waals surface area contributed by atoms with Gasteiger partial charge in [-0.15, -0.1) is 0 Å². The molecule has 0 unspecified atom stereocenters. The smallest absolute Gasteiger partial charge is 0.317 e. The van der Waals surface area contributed by atoms with Crippen LogP contribution in [0, 0.1) is 12.8 Å². The Morgan fingerprint density at radius 3 is 2.71 bits per heavy atom. The van der Waals surface area contributed by atoms with E-state index in [9.17, 15) is 9.59 Å². The van der Waals surface area contributed by atoms with Crippen LogP contribution in [0.15, 0.2) is 24.3 Å². The van der Waals surface area contributed by atoms with Crippen LogP contribution in [0.4, 0.5) is 4.79 Å². The third kappa shape index (κ3) is 3.40. The summed E-state index contributed by atoms with van der Waals surface area (Å²) in [6, 6.07) is 8.57. The molecule has 3 rings (SSSR count). The highest BCUT2D eigenvalue weighted by Gasteiger charge is 2.37. The molecule has 1 saturated heterocycles. The summed E-state index contributed by atoms with van der Waals surface area (Å²) in [5, 5.41) is 3.12. The van der Waals surface area contributed by atoms with Gasteiger partial charge in [0.25, 0.3) is 0 Å². The maximum atomic E-state index is 12.5. The molecule has 1 aliphatic heterocycles. The molecule has 1 saturated carbocycles. The van der Waals surface area contributed by atoms with Crippen LogP contribution in [0.1, 0.15) is 43.2 Å². The monoisotopic (exact) mass is 329 g/mol. The SMILES string of the molecule is Cc1cccc(C2(CNC(=O)N3CC[C@H](C(N)=O)C3)CCCC2)c1. The van der Waals surface area contributed by atoms with Crippen LogP contribution < -0.4 is 11.1 Å². The molecule has 24 heavy (non-hydrogen) atoms. The Kier molecular flexibility index (Phi) is 4.78. The summed E-state index contributed by atoms with van der Waals surface area (Å²) in [7, 11) is 0. The van der Waals surface area contributed by atoms with Crippen LogP contribution in [0.2, 0.25) is 0 Å². The van der Waals surface area contributed by atoms with E-state index >= 15 is 0 Å². The molecular formula is C19H27N3O2. The molecule has 1 aromatic rings. The van der Waals surface area contributed by atoms with E-state index in [4.69, 9.17) is 5.73 Å². The van der Waals surface area contributed by atoms with E-state index in [-0.39, 0.29) is 23.3 Å². The number of carbonyl (C=O) groups excluding carboxylic acids is 2. The first-order chi connectivity index (χ1) is 11.5. The quantitative estimate of drug-likeness (QED) is 0.889. The molecule has 2 aliphatic rings. The highest BCUT2D eigenvalue weighted by molar-refractivity contribution is 5.80. The summed E-state index contributed by atoms with van der Waals surface area (Å²) in [5.41, 5.74) is 7.98. The number of likely N-dealkylation sites (tertiary alicyclic amines) is 1. The van der Waals surface area contributed by atoms with Gasteiger partial charge in [-0.3, -0.25) is 4.79 Å². The average Bonchev–Trinajstić information content (AvgIpc) is 3.23. The lowest BCUT2D eigenvalue weighted by atomic mass is 9.78. The Morgan fingerprint density at radius 2 is 2.08 bits per heavy atom. The van der Waals surface area contributed by atoms with Crippen molar-refractivity contribution in [3.05, 3.63) is 35.4 Å². The third-order valence-electron chi connectivity index (χ3n) is 5.65. The van der Waals surface area contributed by atoms with Gasteiger partial charge in [0.15, 0.2) is 0 Å². The Balaban J connectivity index is 1.65. The van der Waals surface area contributed by atoms with Crippen LogP contribution in [0.25, 0.3) is 0 Å². The molecule has 1 atom stereocenters. The molecule has 0 bridgehead atoms. The number of carbonyl (C=O) groups is 2. The standard InChI is InChI=1S/C19H27N3O2/c1-14-5-4-6-16(11-14)19(8-2-3-9-19)13-21-18(24)22-10-7-15(12-22)17(20)23/h4-6,11,15H,2-3,7-10,12-13H2,1H3,(H2,20,23)(H,21,24)/t15-/m0/s1. The van der Waals surface area contributed by atoms with Crippen LogP contribution in [-0.2, 0) is 10.2 Å². The zero-order valence-corrected chi connectivity index (χ0v) is 14.4. The minimum atomic E-state index is -0.308. The van der Waals surface area contributed by atoms with Crippen LogP contribution in [-0.4, -0.2) is 36.5 Å². The normalized spacial score (nSPS) is 22.5. The summed E-state index contributed by atoms with van der Waals surface area (Å²) in [4.78, 5) is 25.5. The topological polar surface area (TPSA) is 75.4 Å². The molecule has 1 heterocycles. The maximum Gasteiger partial charge on any atom is 0.317 e. The number of nitrogens with zero attached hydrogens (tertiary/aromatic N) is 1. The zero-order valence-electron chi connectivity index (χ0n) is 14.4. The summed E-state index contributed by atoms with van der Waals surface area (Å²) < 4.78 is 0. The first kappa shape index (κ1) is 16.8. The Labute approximate surface area is 143 Å². The first-order valence-electron chi connectivity index (χ1n) is 8.89. The van der Waals surface area contributed by atoms with Gasteiger partial charge < -0.3 is 16.0 Å². The van der Waals surface area contributed by atoms with Crippen molar-refractivity contribution in [2.45, 2.75) is 44.4 Å². The average molecular weight is 329 g/mol. The fourth-order valence-corrected chi connectivity index (χ4v) is 4.13. The molecule has 1 aliphatic carbocycles. The number of hydrogen-bond acceptors (Lipinski definition) is 2. The molecule has 1 aromatic carbocycles. The predicted molar refractivity (Wildman–Crippen MR) is 93.6 cm³/mol.